The van der Waals surface area contributed by atoms with Gasteiger partial charge in [0.15, 0.2) is 0 Å². The van der Waals surface area contributed by atoms with Crippen LogP contribution in [0.4, 0.5) is 8.78 Å². The van der Waals surface area contributed by atoms with E-state index >= 15 is 8.78 Å². The van der Waals surface area contributed by atoms with Crippen molar-refractivity contribution in [3.63, 3.8) is 0 Å². The minimum absolute atomic E-state index is 0.0715. The fraction of sp³-hybridized carbons (Fsp3) is 0.143. The van der Waals surface area contributed by atoms with Crippen molar-refractivity contribution in [1.82, 2.24) is 0 Å². The van der Waals surface area contributed by atoms with E-state index in [1.807, 2.05) is 12.1 Å². The third-order valence-electron chi connectivity index (χ3n) is 4.92. The molecular formula is C21H16F2O. The zero-order valence-corrected chi connectivity index (χ0v) is 12.9. The average Bonchev–Trinajstić information content (AvgIpc) is 3.14. The molecule has 0 saturated heterocycles. The van der Waals surface area contributed by atoms with E-state index in [0.29, 0.717) is 16.7 Å². The van der Waals surface area contributed by atoms with Crippen LogP contribution in [0.15, 0.2) is 84.9 Å². The fourth-order valence-electron chi connectivity index (χ4n) is 3.82. The molecule has 3 heteroatoms. The Morgan fingerprint density at radius 2 is 1.17 bits per heavy atom. The van der Waals surface area contributed by atoms with Crippen LogP contribution in [0.1, 0.15) is 22.6 Å². The zero-order valence-electron chi connectivity index (χ0n) is 12.9. The predicted molar refractivity (Wildman–Crippen MR) is 89.5 cm³/mol. The van der Waals surface area contributed by atoms with Crippen molar-refractivity contribution in [3.05, 3.63) is 102 Å². The Hall–Kier alpha value is -2.68. The molecule has 120 valence electrons. The Morgan fingerprint density at radius 1 is 0.667 bits per heavy atom. The predicted octanol–water partition coefficient (Wildman–Crippen LogP) is 5.11. The van der Waals surface area contributed by atoms with Gasteiger partial charge in [-0.3, -0.25) is 0 Å². The highest BCUT2D eigenvalue weighted by Crippen LogP contribution is 2.74. The van der Waals surface area contributed by atoms with Gasteiger partial charge in [-0.1, -0.05) is 72.8 Å². The molecular weight excluding hydrogens is 306 g/mol. The first kappa shape index (κ1) is 14.9. The molecule has 0 heterocycles. The van der Waals surface area contributed by atoms with Crippen molar-refractivity contribution in [3.8, 4) is 5.75 Å². The third-order valence-corrected chi connectivity index (χ3v) is 4.92. The van der Waals surface area contributed by atoms with Crippen LogP contribution >= 0.6 is 0 Å². The maximum atomic E-state index is 15.2. The first-order valence-electron chi connectivity index (χ1n) is 7.86. The highest BCUT2D eigenvalue weighted by Gasteiger charge is 2.82. The maximum absolute atomic E-state index is 15.2. The van der Waals surface area contributed by atoms with Gasteiger partial charge in [0.2, 0.25) is 0 Å². The molecule has 1 nitrogen and oxygen atoms in total. The number of alkyl halides is 2. The molecule has 0 amide bonds. The zero-order chi connectivity index (χ0) is 16.8. The Morgan fingerprint density at radius 3 is 1.75 bits per heavy atom. The molecule has 1 N–H and O–H groups in total. The molecule has 3 aromatic carbocycles. The summed E-state index contributed by atoms with van der Waals surface area (Å²) in [5.41, 5.74) is 0.336. The molecule has 0 spiro atoms. The summed E-state index contributed by atoms with van der Waals surface area (Å²) in [6, 6.07) is 23.9. The van der Waals surface area contributed by atoms with Gasteiger partial charge in [0, 0.05) is 0 Å². The van der Waals surface area contributed by atoms with Gasteiger partial charge < -0.3 is 5.11 Å². The Balaban J connectivity index is 1.95. The van der Waals surface area contributed by atoms with Crippen LogP contribution in [0.2, 0.25) is 0 Å². The van der Waals surface area contributed by atoms with Crippen LogP contribution in [0.3, 0.4) is 0 Å². The smallest absolute Gasteiger partial charge is 0.270 e. The van der Waals surface area contributed by atoms with Crippen LogP contribution in [-0.4, -0.2) is 11.0 Å². The molecule has 0 aliphatic heterocycles. The first-order valence-corrected chi connectivity index (χ1v) is 7.86. The topological polar surface area (TPSA) is 20.2 Å². The molecule has 4 rings (SSSR count). The normalized spacial score (nSPS) is 24.5. The monoisotopic (exact) mass is 322 g/mol. The van der Waals surface area contributed by atoms with Crippen LogP contribution in [0.25, 0.3) is 0 Å². The summed E-state index contributed by atoms with van der Waals surface area (Å²) >= 11 is 0. The van der Waals surface area contributed by atoms with Crippen LogP contribution in [-0.2, 0) is 5.41 Å². The quantitative estimate of drug-likeness (QED) is 0.710. The lowest BCUT2D eigenvalue weighted by Gasteiger charge is -2.18. The van der Waals surface area contributed by atoms with Gasteiger partial charge >= 0.3 is 0 Å². The van der Waals surface area contributed by atoms with Gasteiger partial charge in [0.25, 0.3) is 5.92 Å². The average molecular weight is 322 g/mol. The minimum atomic E-state index is -2.90. The summed E-state index contributed by atoms with van der Waals surface area (Å²) in [7, 11) is 0. The van der Waals surface area contributed by atoms with Gasteiger partial charge in [-0.05, 0) is 28.8 Å². The summed E-state index contributed by atoms with van der Waals surface area (Å²) < 4.78 is 30.4. The highest BCUT2D eigenvalue weighted by molar-refractivity contribution is 5.60. The number of phenols is 1. The molecule has 0 unspecified atom stereocenters. The Labute approximate surface area is 139 Å². The van der Waals surface area contributed by atoms with E-state index in [0.717, 1.165) is 0 Å². The maximum Gasteiger partial charge on any atom is 0.270 e. The molecule has 3 aromatic rings. The summed E-state index contributed by atoms with van der Waals surface area (Å²) in [5.74, 6) is -3.74. The van der Waals surface area contributed by atoms with Gasteiger partial charge in [-0.25, -0.2) is 8.78 Å². The number of hydrogen-bond donors (Lipinski definition) is 1. The lowest BCUT2D eigenvalue weighted by molar-refractivity contribution is 0.0912. The summed E-state index contributed by atoms with van der Waals surface area (Å²) in [5, 5.41) is 9.54. The standard InChI is InChI=1S/C21H16F2O/c22-21(23)19(15-7-3-1-4-8-15)20(21,16-9-5-2-6-10-16)17-11-13-18(24)14-12-17/h1-14,19,24H/t19-,20-/m0/s1. The van der Waals surface area contributed by atoms with Crippen molar-refractivity contribution in [1.29, 1.82) is 0 Å². The minimum Gasteiger partial charge on any atom is -0.508 e. The van der Waals surface area contributed by atoms with Crippen molar-refractivity contribution >= 4 is 0 Å². The Bertz CT molecular complexity index is 844. The lowest BCUT2D eigenvalue weighted by atomic mass is 9.84. The third kappa shape index (κ3) is 1.91. The van der Waals surface area contributed by atoms with E-state index in [9.17, 15) is 5.11 Å². The van der Waals surface area contributed by atoms with Crippen molar-refractivity contribution in [2.45, 2.75) is 17.3 Å². The number of aromatic hydroxyl groups is 1. The SMILES string of the molecule is Oc1ccc([C@@]2(c3ccccc3)[C@H](c3ccccc3)C2(F)F)cc1. The molecule has 1 fully saturated rings. The second-order valence-corrected chi connectivity index (χ2v) is 6.19. The largest absolute Gasteiger partial charge is 0.508 e. The number of halogens is 2. The first-order chi connectivity index (χ1) is 11.6. The van der Waals surface area contributed by atoms with Gasteiger partial charge in [-0.2, -0.15) is 0 Å². The van der Waals surface area contributed by atoms with Gasteiger partial charge in [0.05, 0.1) is 11.3 Å². The molecule has 2 atom stereocenters. The van der Waals surface area contributed by atoms with Gasteiger partial charge in [-0.15, -0.1) is 0 Å². The molecule has 1 aliphatic carbocycles. The number of rotatable bonds is 3. The number of benzene rings is 3. The van der Waals surface area contributed by atoms with E-state index in [1.54, 1.807) is 60.7 Å². The highest BCUT2D eigenvalue weighted by atomic mass is 19.3. The molecule has 1 aliphatic rings. The second-order valence-electron chi connectivity index (χ2n) is 6.19. The Kier molecular flexibility index (Phi) is 3.20. The fourth-order valence-corrected chi connectivity index (χ4v) is 3.82. The van der Waals surface area contributed by atoms with E-state index in [1.165, 1.54) is 12.1 Å². The van der Waals surface area contributed by atoms with Crippen LogP contribution in [0.5, 0.6) is 5.75 Å². The van der Waals surface area contributed by atoms with Gasteiger partial charge in [0.1, 0.15) is 5.75 Å². The molecule has 0 bridgehead atoms. The van der Waals surface area contributed by atoms with Crippen molar-refractivity contribution < 1.29 is 13.9 Å². The summed E-state index contributed by atoms with van der Waals surface area (Å²) in [6.07, 6.45) is 0. The number of hydrogen-bond acceptors (Lipinski definition) is 1. The molecule has 0 aromatic heterocycles. The van der Waals surface area contributed by atoms with E-state index in [-0.39, 0.29) is 5.75 Å². The summed E-state index contributed by atoms with van der Waals surface area (Å²) in [6.45, 7) is 0. The van der Waals surface area contributed by atoms with E-state index in [2.05, 4.69) is 0 Å². The number of phenolic OH excluding ortho intramolecular Hbond substituents is 1. The molecule has 1 saturated carbocycles. The van der Waals surface area contributed by atoms with E-state index < -0.39 is 17.3 Å². The van der Waals surface area contributed by atoms with Crippen molar-refractivity contribution in [2.24, 2.45) is 0 Å². The van der Waals surface area contributed by atoms with Crippen LogP contribution < -0.4 is 0 Å². The molecule has 24 heavy (non-hydrogen) atoms. The van der Waals surface area contributed by atoms with E-state index in [4.69, 9.17) is 0 Å². The van der Waals surface area contributed by atoms with Crippen molar-refractivity contribution in [2.75, 3.05) is 0 Å². The molecule has 0 radical (unpaired) electrons. The summed E-state index contributed by atoms with van der Waals surface area (Å²) in [4.78, 5) is 0. The second kappa shape index (κ2) is 5.17. The van der Waals surface area contributed by atoms with Crippen LogP contribution in [0, 0.1) is 0 Å². The lowest BCUT2D eigenvalue weighted by Crippen LogP contribution is -2.18.